The highest BCUT2D eigenvalue weighted by atomic mass is 16.2. The minimum Gasteiger partial charge on any atom is -0.314 e. The molecule has 0 aromatic heterocycles. The van der Waals surface area contributed by atoms with Gasteiger partial charge < -0.3 is 4.90 Å². The van der Waals surface area contributed by atoms with E-state index in [2.05, 4.69) is 12.1 Å². The maximum atomic E-state index is 13.6. The summed E-state index contributed by atoms with van der Waals surface area (Å²) in [4.78, 5) is 28.2. The molecule has 136 valence electrons. The average Bonchev–Trinajstić information content (AvgIpc) is 3.16. The van der Waals surface area contributed by atoms with E-state index in [0.29, 0.717) is 11.3 Å². The number of allylic oxidation sites excluding steroid dienone is 1. The van der Waals surface area contributed by atoms with E-state index < -0.39 is 28.4 Å². The van der Waals surface area contributed by atoms with E-state index in [0.717, 1.165) is 5.56 Å². The Morgan fingerprint density at radius 3 is 2.32 bits per heavy atom. The lowest BCUT2D eigenvalue weighted by atomic mass is 9.55. The molecule has 5 nitrogen and oxygen atoms in total. The van der Waals surface area contributed by atoms with Gasteiger partial charge in [-0.3, -0.25) is 9.59 Å². The first kappa shape index (κ1) is 17.7. The van der Waals surface area contributed by atoms with Gasteiger partial charge in [-0.05, 0) is 24.1 Å². The van der Waals surface area contributed by atoms with Gasteiger partial charge in [-0.2, -0.15) is 10.5 Å². The number of benzene rings is 2. The first-order valence-corrected chi connectivity index (χ1v) is 8.94. The Morgan fingerprint density at radius 2 is 1.71 bits per heavy atom. The largest absolute Gasteiger partial charge is 0.314 e. The predicted molar refractivity (Wildman–Crippen MR) is 103 cm³/mol. The molecular weight excluding hydrogens is 350 g/mol. The summed E-state index contributed by atoms with van der Waals surface area (Å²) < 4.78 is 0. The number of carbonyl (C=O) groups is 2. The fourth-order valence-corrected chi connectivity index (χ4v) is 4.91. The highest BCUT2D eigenvalue weighted by Crippen LogP contribution is 2.65. The fraction of sp³-hybridized carbons (Fsp3) is 0.217. The standard InChI is InChI=1S/C23H17N3O2/c1-15(27)22(14-25)19(16-8-4-3-5-9-16)12-17(13-24)23(22)18-10-6-7-11-20(18)26(2)21(23)28/h3-12,19H,1-2H3/t19-,22-,23-/m0/s1. The van der Waals surface area contributed by atoms with Gasteiger partial charge in [-0.1, -0.05) is 54.6 Å². The smallest absolute Gasteiger partial charge is 0.244 e. The molecule has 0 saturated carbocycles. The molecule has 0 fully saturated rings. The van der Waals surface area contributed by atoms with Crippen molar-refractivity contribution in [1.29, 1.82) is 10.5 Å². The lowest BCUT2D eigenvalue weighted by molar-refractivity contribution is -0.134. The van der Waals surface area contributed by atoms with E-state index in [1.54, 1.807) is 37.4 Å². The van der Waals surface area contributed by atoms with Crippen LogP contribution in [0.15, 0.2) is 66.2 Å². The number of nitrogens with zero attached hydrogens (tertiary/aromatic N) is 3. The zero-order valence-corrected chi connectivity index (χ0v) is 15.5. The number of fused-ring (bicyclic) bond motifs is 2. The first-order chi connectivity index (χ1) is 13.5. The number of carbonyl (C=O) groups excluding carboxylic acids is 2. The summed E-state index contributed by atoms with van der Waals surface area (Å²) >= 11 is 0. The van der Waals surface area contributed by atoms with Crippen LogP contribution < -0.4 is 4.90 Å². The Kier molecular flexibility index (Phi) is 3.73. The number of hydrogen-bond donors (Lipinski definition) is 0. The Labute approximate surface area is 163 Å². The molecule has 1 heterocycles. The molecule has 5 heteroatoms. The molecule has 1 spiro atoms. The number of para-hydroxylation sites is 1. The van der Waals surface area contributed by atoms with E-state index in [1.165, 1.54) is 11.8 Å². The van der Waals surface area contributed by atoms with Crippen molar-refractivity contribution in [3.05, 3.63) is 77.4 Å². The minimum absolute atomic E-state index is 0.153. The van der Waals surface area contributed by atoms with Crippen molar-refractivity contribution >= 4 is 17.4 Å². The summed E-state index contributed by atoms with van der Waals surface area (Å²) in [6, 6.07) is 20.5. The SMILES string of the molecule is CC(=O)[C@@]1(C#N)[C@H](c2ccccc2)C=C(C#N)[C@]12C(=O)N(C)c1ccccc12. The van der Waals surface area contributed by atoms with E-state index >= 15 is 0 Å². The van der Waals surface area contributed by atoms with E-state index in [4.69, 9.17) is 0 Å². The summed E-state index contributed by atoms with van der Waals surface area (Å²) in [5, 5.41) is 20.4. The van der Waals surface area contributed by atoms with Crippen LogP contribution in [-0.4, -0.2) is 18.7 Å². The summed E-state index contributed by atoms with van der Waals surface area (Å²) in [7, 11) is 1.61. The molecule has 28 heavy (non-hydrogen) atoms. The van der Waals surface area contributed by atoms with Crippen molar-refractivity contribution in [2.45, 2.75) is 18.3 Å². The third-order valence-corrected chi connectivity index (χ3v) is 6.10. The molecule has 1 amide bonds. The van der Waals surface area contributed by atoms with Crippen LogP contribution in [0.4, 0.5) is 5.69 Å². The average molecular weight is 367 g/mol. The van der Waals surface area contributed by atoms with Gasteiger partial charge in [0.15, 0.2) is 5.78 Å². The second kappa shape index (κ2) is 5.90. The van der Waals surface area contributed by atoms with Crippen LogP contribution in [0.5, 0.6) is 0 Å². The van der Waals surface area contributed by atoms with Gasteiger partial charge in [0.2, 0.25) is 5.91 Å². The normalized spacial score (nSPS) is 27.9. The number of rotatable bonds is 2. The van der Waals surface area contributed by atoms with Gasteiger partial charge in [0.25, 0.3) is 0 Å². The topological polar surface area (TPSA) is 85.0 Å². The first-order valence-electron chi connectivity index (χ1n) is 8.94. The van der Waals surface area contributed by atoms with Gasteiger partial charge in [0, 0.05) is 24.2 Å². The van der Waals surface area contributed by atoms with Gasteiger partial charge in [0.1, 0.15) is 10.8 Å². The number of hydrogen-bond acceptors (Lipinski definition) is 4. The van der Waals surface area contributed by atoms with E-state index in [1.807, 2.05) is 30.3 Å². The van der Waals surface area contributed by atoms with E-state index in [9.17, 15) is 20.1 Å². The van der Waals surface area contributed by atoms with Crippen LogP contribution in [0, 0.1) is 28.1 Å². The van der Waals surface area contributed by atoms with Crippen LogP contribution in [-0.2, 0) is 15.0 Å². The van der Waals surface area contributed by atoms with Crippen LogP contribution in [0.2, 0.25) is 0 Å². The minimum atomic E-state index is -1.74. The second-order valence-corrected chi connectivity index (χ2v) is 7.19. The van der Waals surface area contributed by atoms with Crippen molar-refractivity contribution in [1.82, 2.24) is 0 Å². The molecule has 0 radical (unpaired) electrons. The van der Waals surface area contributed by atoms with Gasteiger partial charge in [-0.25, -0.2) is 0 Å². The molecule has 0 N–H and O–H groups in total. The summed E-state index contributed by atoms with van der Waals surface area (Å²) in [5.41, 5.74) is -1.36. The summed E-state index contributed by atoms with van der Waals surface area (Å²) in [5.74, 6) is -1.55. The Hall–Kier alpha value is -3.70. The number of ketones is 1. The molecule has 0 saturated heterocycles. The molecular formula is C23H17N3O2. The van der Waals surface area contributed by atoms with Gasteiger partial charge >= 0.3 is 0 Å². The van der Waals surface area contributed by atoms with E-state index in [-0.39, 0.29) is 5.57 Å². The van der Waals surface area contributed by atoms with Crippen molar-refractivity contribution in [2.24, 2.45) is 5.41 Å². The third kappa shape index (κ3) is 1.78. The van der Waals surface area contributed by atoms with Gasteiger partial charge in [0.05, 0.1) is 12.1 Å². The van der Waals surface area contributed by atoms with Crippen LogP contribution in [0.25, 0.3) is 0 Å². The van der Waals surface area contributed by atoms with Crippen molar-refractivity contribution in [3.8, 4) is 12.1 Å². The Bertz CT molecular complexity index is 1120. The highest BCUT2D eigenvalue weighted by Gasteiger charge is 2.73. The Balaban J connectivity index is 2.15. The molecule has 2 aliphatic rings. The van der Waals surface area contributed by atoms with Crippen molar-refractivity contribution in [2.75, 3.05) is 11.9 Å². The lowest BCUT2D eigenvalue weighted by Crippen LogP contribution is -2.55. The van der Waals surface area contributed by atoms with Crippen LogP contribution in [0.1, 0.15) is 24.0 Å². The van der Waals surface area contributed by atoms with Gasteiger partial charge in [-0.15, -0.1) is 0 Å². The number of Topliss-reactive ketones (excluding diaryl/α,β-unsaturated/α-hetero) is 1. The molecule has 3 atom stereocenters. The number of amides is 1. The quantitative estimate of drug-likeness (QED) is 0.815. The number of anilines is 1. The lowest BCUT2D eigenvalue weighted by Gasteiger charge is -2.39. The summed E-state index contributed by atoms with van der Waals surface area (Å²) in [6.45, 7) is 1.34. The predicted octanol–water partition coefficient (Wildman–Crippen LogP) is 3.25. The fourth-order valence-electron chi connectivity index (χ4n) is 4.91. The molecule has 0 bridgehead atoms. The van der Waals surface area contributed by atoms with Crippen molar-refractivity contribution < 1.29 is 9.59 Å². The zero-order chi connectivity index (χ0) is 20.1. The van der Waals surface area contributed by atoms with Crippen LogP contribution in [0.3, 0.4) is 0 Å². The maximum Gasteiger partial charge on any atom is 0.244 e. The monoisotopic (exact) mass is 367 g/mol. The molecule has 1 aliphatic carbocycles. The van der Waals surface area contributed by atoms with Crippen molar-refractivity contribution in [3.63, 3.8) is 0 Å². The molecule has 1 aliphatic heterocycles. The molecule has 2 aromatic carbocycles. The molecule has 2 aromatic rings. The summed E-state index contributed by atoms with van der Waals surface area (Å²) in [6.07, 6.45) is 1.63. The second-order valence-electron chi connectivity index (χ2n) is 7.19. The Morgan fingerprint density at radius 1 is 1.07 bits per heavy atom. The molecule has 0 unspecified atom stereocenters. The molecule has 4 rings (SSSR count). The zero-order valence-electron chi connectivity index (χ0n) is 15.5. The van der Waals surface area contributed by atoms with Crippen LogP contribution >= 0.6 is 0 Å². The highest BCUT2D eigenvalue weighted by molar-refractivity contribution is 6.16. The third-order valence-electron chi connectivity index (χ3n) is 6.10. The number of nitriles is 2. The number of likely N-dealkylation sites (N-methyl/N-ethyl adjacent to an activating group) is 1. The maximum absolute atomic E-state index is 13.6.